The molecule has 0 fully saturated rings. The molecule has 0 spiro atoms. The quantitative estimate of drug-likeness (QED) is 0.780. The number of nitrogens with zero attached hydrogens (tertiary/aromatic N) is 2. The minimum absolute atomic E-state index is 0.239. The normalized spacial score (nSPS) is 9.56. The number of amides is 1. The average molecular weight is 220 g/mol. The van der Waals surface area contributed by atoms with E-state index < -0.39 is 5.82 Å². The summed E-state index contributed by atoms with van der Waals surface area (Å²) in [6, 6.07) is 7.55. The molecule has 84 valence electrons. The van der Waals surface area contributed by atoms with E-state index >= 15 is 0 Å². The van der Waals surface area contributed by atoms with Crippen LogP contribution in [0.25, 0.3) is 0 Å². The van der Waals surface area contributed by atoms with Crippen molar-refractivity contribution in [1.82, 2.24) is 4.90 Å². The summed E-state index contributed by atoms with van der Waals surface area (Å²) in [4.78, 5) is 13.4. The first kappa shape index (κ1) is 12.2. The molecule has 0 aliphatic carbocycles. The van der Waals surface area contributed by atoms with Crippen LogP contribution in [0.1, 0.15) is 23.7 Å². The molecular weight excluding hydrogens is 207 g/mol. The molecule has 0 unspecified atom stereocenters. The van der Waals surface area contributed by atoms with Crippen LogP contribution in [0.4, 0.5) is 4.39 Å². The molecule has 4 heteroatoms. The first-order chi connectivity index (χ1) is 7.69. The number of benzene rings is 1. The molecule has 0 bridgehead atoms. The van der Waals surface area contributed by atoms with Crippen molar-refractivity contribution in [2.24, 2.45) is 0 Å². The van der Waals surface area contributed by atoms with Gasteiger partial charge >= 0.3 is 0 Å². The second-order valence-electron chi connectivity index (χ2n) is 3.30. The highest BCUT2D eigenvalue weighted by Crippen LogP contribution is 2.07. The van der Waals surface area contributed by atoms with E-state index in [1.54, 1.807) is 6.07 Å². The van der Waals surface area contributed by atoms with Crippen LogP contribution < -0.4 is 0 Å². The van der Waals surface area contributed by atoms with Gasteiger partial charge in [0.25, 0.3) is 5.91 Å². The molecule has 1 amide bonds. The Labute approximate surface area is 94.1 Å². The van der Waals surface area contributed by atoms with Gasteiger partial charge in [-0.3, -0.25) is 4.79 Å². The smallest absolute Gasteiger partial charge is 0.253 e. The Morgan fingerprint density at radius 2 is 2.31 bits per heavy atom. The molecule has 16 heavy (non-hydrogen) atoms. The Balaban J connectivity index is 2.79. The summed E-state index contributed by atoms with van der Waals surface area (Å²) in [6.07, 6.45) is 0.287. The van der Waals surface area contributed by atoms with Crippen molar-refractivity contribution in [2.45, 2.75) is 13.3 Å². The van der Waals surface area contributed by atoms with Crippen LogP contribution >= 0.6 is 0 Å². The zero-order valence-electron chi connectivity index (χ0n) is 9.11. The summed E-state index contributed by atoms with van der Waals surface area (Å²) < 4.78 is 12.9. The van der Waals surface area contributed by atoms with Gasteiger partial charge in [0.1, 0.15) is 5.82 Å². The van der Waals surface area contributed by atoms with Crippen molar-refractivity contribution in [3.8, 4) is 6.07 Å². The Hall–Kier alpha value is -1.89. The number of halogens is 1. The SMILES string of the molecule is CCN(CCC#N)C(=O)c1cccc(F)c1. The Kier molecular flexibility index (Phi) is 4.46. The van der Waals surface area contributed by atoms with Crippen molar-refractivity contribution in [1.29, 1.82) is 5.26 Å². The number of rotatable bonds is 4. The highest BCUT2D eigenvalue weighted by atomic mass is 19.1. The molecule has 0 atom stereocenters. The molecule has 1 aromatic carbocycles. The molecule has 0 aromatic heterocycles. The first-order valence-corrected chi connectivity index (χ1v) is 5.10. The summed E-state index contributed by atoms with van der Waals surface area (Å²) in [6.45, 7) is 2.72. The third kappa shape index (κ3) is 3.06. The predicted molar refractivity (Wildman–Crippen MR) is 58.2 cm³/mol. The van der Waals surface area contributed by atoms with Crippen molar-refractivity contribution < 1.29 is 9.18 Å². The molecular formula is C12H13FN2O. The van der Waals surface area contributed by atoms with Crippen molar-refractivity contribution in [3.05, 3.63) is 35.6 Å². The van der Waals surface area contributed by atoms with Crippen LogP contribution in [-0.4, -0.2) is 23.9 Å². The Morgan fingerprint density at radius 1 is 1.56 bits per heavy atom. The van der Waals surface area contributed by atoms with Gasteiger partial charge in [0.15, 0.2) is 0 Å². The van der Waals surface area contributed by atoms with E-state index in [1.807, 2.05) is 13.0 Å². The molecule has 0 saturated carbocycles. The molecule has 0 aliphatic heterocycles. The minimum atomic E-state index is -0.429. The number of nitriles is 1. The van der Waals surface area contributed by atoms with Crippen molar-refractivity contribution in [3.63, 3.8) is 0 Å². The molecule has 3 nitrogen and oxygen atoms in total. The Morgan fingerprint density at radius 3 is 2.88 bits per heavy atom. The lowest BCUT2D eigenvalue weighted by Gasteiger charge is -2.19. The maximum atomic E-state index is 12.9. The highest BCUT2D eigenvalue weighted by Gasteiger charge is 2.13. The van der Waals surface area contributed by atoms with Crippen LogP contribution in [0.3, 0.4) is 0 Å². The third-order valence-corrected chi connectivity index (χ3v) is 2.23. The molecule has 0 saturated heterocycles. The predicted octanol–water partition coefficient (Wildman–Crippen LogP) is 2.20. The van der Waals surface area contributed by atoms with Crippen molar-refractivity contribution in [2.75, 3.05) is 13.1 Å². The Bertz CT molecular complexity index is 412. The van der Waals surface area contributed by atoms with Gasteiger partial charge < -0.3 is 4.90 Å². The summed E-state index contributed by atoms with van der Waals surface area (Å²) >= 11 is 0. The van der Waals surface area contributed by atoms with Gasteiger partial charge in [-0.15, -0.1) is 0 Å². The zero-order chi connectivity index (χ0) is 12.0. The number of carbonyl (C=O) groups excluding carboxylic acids is 1. The van der Waals surface area contributed by atoms with Gasteiger partial charge in [0.05, 0.1) is 12.5 Å². The largest absolute Gasteiger partial charge is 0.338 e. The summed E-state index contributed by atoms with van der Waals surface area (Å²) in [7, 11) is 0. The fourth-order valence-electron chi connectivity index (χ4n) is 1.39. The molecule has 0 heterocycles. The van der Waals surface area contributed by atoms with Crippen LogP contribution in [0.2, 0.25) is 0 Å². The lowest BCUT2D eigenvalue weighted by molar-refractivity contribution is 0.0767. The lowest BCUT2D eigenvalue weighted by atomic mass is 10.2. The van der Waals surface area contributed by atoms with E-state index in [-0.39, 0.29) is 12.3 Å². The monoisotopic (exact) mass is 220 g/mol. The van der Waals surface area contributed by atoms with Gasteiger partial charge in [0.2, 0.25) is 0 Å². The van der Waals surface area contributed by atoms with E-state index in [9.17, 15) is 9.18 Å². The number of carbonyl (C=O) groups is 1. The van der Waals surface area contributed by atoms with E-state index in [4.69, 9.17) is 5.26 Å². The fraction of sp³-hybridized carbons (Fsp3) is 0.333. The topological polar surface area (TPSA) is 44.1 Å². The highest BCUT2D eigenvalue weighted by molar-refractivity contribution is 5.94. The number of hydrogen-bond donors (Lipinski definition) is 0. The zero-order valence-corrected chi connectivity index (χ0v) is 9.11. The van der Waals surface area contributed by atoms with Crippen LogP contribution in [-0.2, 0) is 0 Å². The second kappa shape index (κ2) is 5.86. The average Bonchev–Trinajstić information content (AvgIpc) is 2.29. The van der Waals surface area contributed by atoms with E-state index in [2.05, 4.69) is 0 Å². The molecule has 0 aliphatic rings. The van der Waals surface area contributed by atoms with E-state index in [1.165, 1.54) is 23.1 Å². The van der Waals surface area contributed by atoms with E-state index in [0.29, 0.717) is 18.7 Å². The summed E-state index contributed by atoms with van der Waals surface area (Å²) in [5.41, 5.74) is 0.319. The van der Waals surface area contributed by atoms with Crippen LogP contribution in [0, 0.1) is 17.1 Å². The maximum Gasteiger partial charge on any atom is 0.253 e. The first-order valence-electron chi connectivity index (χ1n) is 5.10. The molecule has 0 N–H and O–H groups in total. The minimum Gasteiger partial charge on any atom is -0.338 e. The second-order valence-corrected chi connectivity index (χ2v) is 3.30. The molecule has 1 rings (SSSR count). The van der Waals surface area contributed by atoms with Gasteiger partial charge in [-0.2, -0.15) is 5.26 Å². The summed E-state index contributed by atoms with van der Waals surface area (Å²) in [5, 5.41) is 8.46. The third-order valence-electron chi connectivity index (χ3n) is 2.23. The molecule has 1 aromatic rings. The van der Waals surface area contributed by atoms with Gasteiger partial charge in [-0.05, 0) is 25.1 Å². The van der Waals surface area contributed by atoms with Gasteiger partial charge in [-0.1, -0.05) is 6.07 Å². The van der Waals surface area contributed by atoms with Crippen LogP contribution in [0.5, 0.6) is 0 Å². The van der Waals surface area contributed by atoms with Crippen molar-refractivity contribution >= 4 is 5.91 Å². The lowest BCUT2D eigenvalue weighted by Crippen LogP contribution is -2.31. The standard InChI is InChI=1S/C12H13FN2O/c1-2-15(8-4-7-14)12(16)10-5-3-6-11(13)9-10/h3,5-6,9H,2,4,8H2,1H3. The van der Waals surface area contributed by atoms with Gasteiger partial charge in [-0.25, -0.2) is 4.39 Å². The van der Waals surface area contributed by atoms with E-state index in [0.717, 1.165) is 0 Å². The summed E-state index contributed by atoms with van der Waals surface area (Å²) in [5.74, 6) is -0.667. The van der Waals surface area contributed by atoms with Gasteiger partial charge in [0, 0.05) is 18.7 Å². The fourth-order valence-corrected chi connectivity index (χ4v) is 1.39. The molecule has 0 radical (unpaired) electrons. The van der Waals surface area contributed by atoms with Crippen LogP contribution in [0.15, 0.2) is 24.3 Å². The maximum absolute atomic E-state index is 12.9. The number of hydrogen-bond acceptors (Lipinski definition) is 2.